The van der Waals surface area contributed by atoms with Crippen molar-refractivity contribution in [1.29, 1.82) is 5.26 Å². The van der Waals surface area contributed by atoms with Gasteiger partial charge in [-0.05, 0) is 36.8 Å². The molecule has 3 rings (SSSR count). The normalized spacial score (nSPS) is 10.4. The molecule has 0 aliphatic heterocycles. The Morgan fingerprint density at radius 2 is 2.16 bits per heavy atom. The zero-order chi connectivity index (χ0) is 17.8. The van der Waals surface area contributed by atoms with Crippen molar-refractivity contribution in [2.75, 3.05) is 18.4 Å². The number of hydrogen-bond donors (Lipinski definition) is 2. The van der Waals surface area contributed by atoms with Crippen molar-refractivity contribution < 1.29 is 9.18 Å². The summed E-state index contributed by atoms with van der Waals surface area (Å²) >= 11 is 1.28. The number of aryl methyl sites for hydroxylation is 1. The summed E-state index contributed by atoms with van der Waals surface area (Å²) in [4.78, 5) is 17.0. The smallest absolute Gasteiger partial charge is 0.261 e. The van der Waals surface area contributed by atoms with Crippen molar-refractivity contribution in [3.05, 3.63) is 58.3 Å². The largest absolute Gasteiger partial charge is 0.367 e. The number of carbonyl (C=O) groups is 1. The third-order valence-electron chi connectivity index (χ3n) is 3.74. The molecule has 126 valence electrons. The van der Waals surface area contributed by atoms with E-state index in [1.165, 1.54) is 17.4 Å². The van der Waals surface area contributed by atoms with E-state index in [9.17, 15) is 9.18 Å². The van der Waals surface area contributed by atoms with E-state index < -0.39 is 0 Å². The lowest BCUT2D eigenvalue weighted by atomic mass is 10.1. The van der Waals surface area contributed by atoms with Crippen molar-refractivity contribution in [1.82, 2.24) is 10.3 Å². The van der Waals surface area contributed by atoms with Crippen LogP contribution in [-0.2, 0) is 0 Å². The van der Waals surface area contributed by atoms with Gasteiger partial charge in [0.15, 0.2) is 0 Å². The van der Waals surface area contributed by atoms with E-state index in [1.807, 2.05) is 0 Å². The predicted molar refractivity (Wildman–Crippen MR) is 96.3 cm³/mol. The van der Waals surface area contributed by atoms with Crippen molar-refractivity contribution >= 4 is 33.1 Å². The zero-order valence-corrected chi connectivity index (χ0v) is 14.3. The summed E-state index contributed by atoms with van der Waals surface area (Å²) in [5.74, 6) is -0.0630. The van der Waals surface area contributed by atoms with E-state index in [4.69, 9.17) is 5.26 Å². The second kappa shape index (κ2) is 7.28. The second-order valence-corrected chi connectivity index (χ2v) is 6.42. The number of thiophene rings is 1. The molecule has 0 unspecified atom stereocenters. The van der Waals surface area contributed by atoms with Crippen LogP contribution < -0.4 is 10.6 Å². The lowest BCUT2D eigenvalue weighted by Crippen LogP contribution is -2.28. The van der Waals surface area contributed by atoms with Crippen LogP contribution >= 0.6 is 11.3 Å². The van der Waals surface area contributed by atoms with Gasteiger partial charge in [-0.15, -0.1) is 11.3 Å². The van der Waals surface area contributed by atoms with Crippen LogP contribution in [0, 0.1) is 24.1 Å². The summed E-state index contributed by atoms with van der Waals surface area (Å²) in [7, 11) is 0. The van der Waals surface area contributed by atoms with E-state index in [2.05, 4.69) is 21.7 Å². The van der Waals surface area contributed by atoms with Gasteiger partial charge in [-0.1, -0.05) is 6.07 Å². The Kier molecular flexibility index (Phi) is 4.91. The number of carbonyl (C=O) groups excluding carboxylic acids is 1. The molecule has 2 N–H and O–H groups in total. The molecule has 0 saturated heterocycles. The SMILES string of the molecule is Cc1c(C(=O)NCCNc2ncccc2C#N)sc2cccc(F)c12. The van der Waals surface area contributed by atoms with Gasteiger partial charge in [-0.3, -0.25) is 4.79 Å². The number of fused-ring (bicyclic) bond motifs is 1. The molecular formula is C18H15FN4OS. The molecule has 0 atom stereocenters. The number of rotatable bonds is 5. The molecule has 0 radical (unpaired) electrons. The number of hydrogen-bond acceptors (Lipinski definition) is 5. The molecule has 1 amide bonds. The molecule has 0 fully saturated rings. The number of amides is 1. The van der Waals surface area contributed by atoms with Gasteiger partial charge in [-0.25, -0.2) is 9.37 Å². The number of nitriles is 1. The van der Waals surface area contributed by atoms with Gasteiger partial charge in [0.05, 0.1) is 10.4 Å². The van der Waals surface area contributed by atoms with Crippen molar-refractivity contribution in [3.8, 4) is 6.07 Å². The Balaban J connectivity index is 1.63. The molecule has 0 bridgehead atoms. The molecule has 2 heterocycles. The van der Waals surface area contributed by atoms with Gasteiger partial charge in [0, 0.05) is 29.4 Å². The van der Waals surface area contributed by atoms with Crippen LogP contribution in [0.4, 0.5) is 10.2 Å². The fourth-order valence-electron chi connectivity index (χ4n) is 2.54. The average Bonchev–Trinajstić information content (AvgIpc) is 2.97. The molecule has 0 saturated carbocycles. The number of benzene rings is 1. The summed E-state index contributed by atoms with van der Waals surface area (Å²) in [6.07, 6.45) is 1.59. The molecule has 0 spiro atoms. The lowest BCUT2D eigenvalue weighted by Gasteiger charge is -2.08. The summed E-state index contributed by atoms with van der Waals surface area (Å²) in [6.45, 7) is 2.54. The minimum atomic E-state index is -0.314. The summed E-state index contributed by atoms with van der Waals surface area (Å²) < 4.78 is 14.7. The molecular weight excluding hydrogens is 339 g/mol. The Morgan fingerprint density at radius 1 is 1.32 bits per heavy atom. The maximum absolute atomic E-state index is 13.9. The van der Waals surface area contributed by atoms with Crippen molar-refractivity contribution in [3.63, 3.8) is 0 Å². The highest BCUT2D eigenvalue weighted by Gasteiger charge is 2.17. The minimum Gasteiger partial charge on any atom is -0.367 e. The van der Waals surface area contributed by atoms with Gasteiger partial charge in [0.1, 0.15) is 17.7 Å². The summed E-state index contributed by atoms with van der Waals surface area (Å²) in [5.41, 5.74) is 1.10. The van der Waals surface area contributed by atoms with Crippen LogP contribution in [0.2, 0.25) is 0 Å². The molecule has 2 aromatic heterocycles. The number of nitrogens with one attached hydrogen (secondary N) is 2. The standard InChI is InChI=1S/C18H15FN4OS/c1-11-15-13(19)5-2-6-14(15)25-16(11)18(24)23-9-8-22-17-12(10-20)4-3-7-21-17/h2-7H,8-9H2,1H3,(H,21,22)(H,23,24). The van der Waals surface area contributed by atoms with E-state index in [0.717, 1.165) is 4.70 Å². The highest BCUT2D eigenvalue weighted by molar-refractivity contribution is 7.21. The second-order valence-electron chi connectivity index (χ2n) is 5.36. The topological polar surface area (TPSA) is 77.8 Å². The van der Waals surface area contributed by atoms with Gasteiger partial charge in [0.25, 0.3) is 5.91 Å². The molecule has 25 heavy (non-hydrogen) atoms. The van der Waals surface area contributed by atoms with Crippen molar-refractivity contribution in [2.45, 2.75) is 6.92 Å². The number of aromatic nitrogens is 1. The molecule has 7 heteroatoms. The van der Waals surface area contributed by atoms with Gasteiger partial charge in [0.2, 0.25) is 0 Å². The maximum atomic E-state index is 13.9. The van der Waals surface area contributed by atoms with Crippen LogP contribution in [0.3, 0.4) is 0 Å². The Hall–Kier alpha value is -2.98. The number of anilines is 1. The fourth-order valence-corrected chi connectivity index (χ4v) is 3.68. The molecule has 0 aliphatic carbocycles. The van der Waals surface area contributed by atoms with Gasteiger partial charge < -0.3 is 10.6 Å². The maximum Gasteiger partial charge on any atom is 0.261 e. The molecule has 3 aromatic rings. The third kappa shape index (κ3) is 3.44. The van der Waals surface area contributed by atoms with Gasteiger partial charge >= 0.3 is 0 Å². The monoisotopic (exact) mass is 354 g/mol. The number of nitrogens with zero attached hydrogens (tertiary/aromatic N) is 2. The molecule has 1 aromatic carbocycles. The molecule has 0 aliphatic rings. The Labute approximate surface area is 148 Å². The van der Waals surface area contributed by atoms with E-state index in [1.54, 1.807) is 37.4 Å². The highest BCUT2D eigenvalue weighted by atomic mass is 32.1. The lowest BCUT2D eigenvalue weighted by molar-refractivity contribution is 0.0959. The van der Waals surface area contributed by atoms with Crippen LogP contribution in [0.15, 0.2) is 36.5 Å². The predicted octanol–water partition coefficient (Wildman–Crippen LogP) is 3.46. The van der Waals surface area contributed by atoms with Crippen LogP contribution in [0.1, 0.15) is 20.8 Å². The highest BCUT2D eigenvalue weighted by Crippen LogP contribution is 2.32. The van der Waals surface area contributed by atoms with Crippen molar-refractivity contribution in [2.24, 2.45) is 0 Å². The fraction of sp³-hybridized carbons (Fsp3) is 0.167. The van der Waals surface area contributed by atoms with E-state index in [0.29, 0.717) is 40.3 Å². The number of pyridine rings is 1. The van der Waals surface area contributed by atoms with E-state index in [-0.39, 0.29) is 11.7 Å². The van der Waals surface area contributed by atoms with E-state index >= 15 is 0 Å². The first kappa shape index (κ1) is 16.9. The first-order chi connectivity index (χ1) is 12.1. The quantitative estimate of drug-likeness (QED) is 0.688. The Morgan fingerprint density at radius 3 is 2.92 bits per heavy atom. The summed E-state index contributed by atoms with van der Waals surface area (Å²) in [5, 5.41) is 15.3. The van der Waals surface area contributed by atoms with Crippen LogP contribution in [-0.4, -0.2) is 24.0 Å². The van der Waals surface area contributed by atoms with Crippen LogP contribution in [0.25, 0.3) is 10.1 Å². The first-order valence-electron chi connectivity index (χ1n) is 7.66. The van der Waals surface area contributed by atoms with Gasteiger partial charge in [-0.2, -0.15) is 5.26 Å². The Bertz CT molecular complexity index is 977. The van der Waals surface area contributed by atoms with Crippen LogP contribution in [0.5, 0.6) is 0 Å². The summed E-state index contributed by atoms with van der Waals surface area (Å²) in [6, 6.07) is 10.2. The number of halogens is 1. The molecule has 5 nitrogen and oxygen atoms in total. The zero-order valence-electron chi connectivity index (χ0n) is 13.5. The average molecular weight is 354 g/mol. The minimum absolute atomic E-state index is 0.235. The first-order valence-corrected chi connectivity index (χ1v) is 8.48. The third-order valence-corrected chi connectivity index (χ3v) is 5.00.